The van der Waals surface area contributed by atoms with E-state index in [0.717, 1.165) is 5.56 Å². The fraction of sp³-hybridized carbons (Fsp3) is 0.222. The SMILES string of the molecule is O=C(Cc1ccccc1)N[C@H](C(=O)O)C(O)c1ccc2c(c1)OCO2. The number of nitrogens with one attached hydrogen (secondary N) is 1. The number of aliphatic hydroxyl groups is 1. The first-order valence-electron chi connectivity index (χ1n) is 7.68. The molecule has 1 aliphatic rings. The van der Waals surface area contributed by atoms with Crippen molar-refractivity contribution in [2.45, 2.75) is 18.6 Å². The van der Waals surface area contributed by atoms with Crippen LogP contribution >= 0.6 is 0 Å². The Kier molecular flexibility index (Phi) is 4.85. The normalized spacial score (nSPS) is 14.6. The molecule has 7 nitrogen and oxygen atoms in total. The highest BCUT2D eigenvalue weighted by Gasteiger charge is 2.30. The van der Waals surface area contributed by atoms with Crippen LogP contribution < -0.4 is 14.8 Å². The Morgan fingerprint density at radius 1 is 1.08 bits per heavy atom. The van der Waals surface area contributed by atoms with Crippen molar-refractivity contribution in [2.24, 2.45) is 0 Å². The van der Waals surface area contributed by atoms with Gasteiger partial charge in [-0.15, -0.1) is 0 Å². The van der Waals surface area contributed by atoms with Crippen LogP contribution in [0.1, 0.15) is 17.2 Å². The van der Waals surface area contributed by atoms with E-state index >= 15 is 0 Å². The minimum absolute atomic E-state index is 0.0263. The van der Waals surface area contributed by atoms with Gasteiger partial charge in [-0.2, -0.15) is 0 Å². The lowest BCUT2D eigenvalue weighted by Crippen LogP contribution is -2.45. The van der Waals surface area contributed by atoms with Crippen molar-refractivity contribution in [1.29, 1.82) is 0 Å². The summed E-state index contributed by atoms with van der Waals surface area (Å²) in [5.41, 5.74) is 1.07. The first-order chi connectivity index (χ1) is 12.0. The van der Waals surface area contributed by atoms with Crippen LogP contribution in [-0.2, 0) is 16.0 Å². The van der Waals surface area contributed by atoms with Crippen LogP contribution in [0.3, 0.4) is 0 Å². The van der Waals surface area contributed by atoms with Crippen molar-refractivity contribution in [3.63, 3.8) is 0 Å². The second-order valence-electron chi connectivity index (χ2n) is 5.60. The number of amides is 1. The zero-order valence-electron chi connectivity index (χ0n) is 13.2. The van der Waals surface area contributed by atoms with E-state index in [1.165, 1.54) is 12.1 Å². The van der Waals surface area contributed by atoms with Crippen LogP contribution in [0, 0.1) is 0 Å². The third-order valence-corrected chi connectivity index (χ3v) is 3.84. The number of carbonyl (C=O) groups excluding carboxylic acids is 1. The molecular weight excluding hydrogens is 326 g/mol. The largest absolute Gasteiger partial charge is 0.480 e. The van der Waals surface area contributed by atoms with E-state index in [0.29, 0.717) is 17.1 Å². The van der Waals surface area contributed by atoms with Crippen LogP contribution in [0.15, 0.2) is 48.5 Å². The van der Waals surface area contributed by atoms with Gasteiger partial charge in [0.25, 0.3) is 0 Å². The maximum Gasteiger partial charge on any atom is 0.329 e. The number of carboxylic acids is 1. The second kappa shape index (κ2) is 7.23. The molecular formula is C18H17NO6. The number of hydrogen-bond acceptors (Lipinski definition) is 5. The van der Waals surface area contributed by atoms with Crippen LogP contribution in [0.2, 0.25) is 0 Å². The summed E-state index contributed by atoms with van der Waals surface area (Å²) in [7, 11) is 0. The Labute approximate surface area is 143 Å². The van der Waals surface area contributed by atoms with Gasteiger partial charge in [-0.1, -0.05) is 36.4 Å². The van der Waals surface area contributed by atoms with Crippen molar-refractivity contribution < 1.29 is 29.3 Å². The Morgan fingerprint density at radius 2 is 1.80 bits per heavy atom. The summed E-state index contributed by atoms with van der Waals surface area (Å²) >= 11 is 0. The average molecular weight is 343 g/mol. The molecule has 25 heavy (non-hydrogen) atoms. The van der Waals surface area contributed by atoms with E-state index < -0.39 is 24.0 Å². The Bertz CT molecular complexity index is 776. The van der Waals surface area contributed by atoms with Gasteiger partial charge in [0.2, 0.25) is 12.7 Å². The first kappa shape index (κ1) is 16.8. The Balaban J connectivity index is 1.72. The maximum absolute atomic E-state index is 12.1. The zero-order valence-corrected chi connectivity index (χ0v) is 13.2. The lowest BCUT2D eigenvalue weighted by molar-refractivity contribution is -0.145. The summed E-state index contributed by atoms with van der Waals surface area (Å²) in [5, 5.41) is 22.2. The number of rotatable bonds is 6. The van der Waals surface area contributed by atoms with E-state index in [2.05, 4.69) is 5.32 Å². The highest BCUT2D eigenvalue weighted by Crippen LogP contribution is 2.34. The molecule has 2 aromatic carbocycles. The van der Waals surface area contributed by atoms with Crippen molar-refractivity contribution in [3.05, 3.63) is 59.7 Å². The molecule has 0 saturated heterocycles. The summed E-state index contributed by atoms with van der Waals surface area (Å²) in [6.45, 7) is 0.0745. The predicted molar refractivity (Wildman–Crippen MR) is 87.2 cm³/mol. The predicted octanol–water partition coefficient (Wildman–Crippen LogP) is 1.26. The number of carboxylic acid groups (broad SMARTS) is 1. The molecule has 1 amide bonds. The zero-order chi connectivity index (χ0) is 17.8. The quantitative estimate of drug-likeness (QED) is 0.729. The molecule has 2 aromatic rings. The maximum atomic E-state index is 12.1. The monoisotopic (exact) mass is 343 g/mol. The van der Waals surface area contributed by atoms with Crippen molar-refractivity contribution in [2.75, 3.05) is 6.79 Å². The number of benzene rings is 2. The number of aliphatic hydroxyl groups excluding tert-OH is 1. The van der Waals surface area contributed by atoms with Crippen LogP contribution in [-0.4, -0.2) is 34.9 Å². The molecule has 0 saturated carbocycles. The summed E-state index contributed by atoms with van der Waals surface area (Å²) in [5.74, 6) is -0.864. The van der Waals surface area contributed by atoms with E-state index in [9.17, 15) is 19.8 Å². The van der Waals surface area contributed by atoms with Gasteiger partial charge in [-0.3, -0.25) is 4.79 Å². The van der Waals surface area contributed by atoms with Crippen LogP contribution in [0.25, 0.3) is 0 Å². The molecule has 130 valence electrons. The van der Waals surface area contributed by atoms with E-state index in [-0.39, 0.29) is 13.2 Å². The van der Waals surface area contributed by atoms with Crippen LogP contribution in [0.4, 0.5) is 0 Å². The highest BCUT2D eigenvalue weighted by atomic mass is 16.7. The standard InChI is InChI=1S/C18H17NO6/c20-15(8-11-4-2-1-3-5-11)19-16(18(22)23)17(21)12-6-7-13-14(9-12)25-10-24-13/h1-7,9,16-17,21H,8,10H2,(H,19,20)(H,22,23)/t16-,17?/m0/s1. The molecule has 1 unspecified atom stereocenters. The van der Waals surface area contributed by atoms with Gasteiger partial charge in [-0.25, -0.2) is 4.79 Å². The molecule has 1 aliphatic heterocycles. The van der Waals surface area contributed by atoms with Gasteiger partial charge in [0.1, 0.15) is 6.10 Å². The molecule has 0 spiro atoms. The second-order valence-corrected chi connectivity index (χ2v) is 5.60. The molecule has 0 radical (unpaired) electrons. The molecule has 0 fully saturated rings. The number of hydrogen-bond donors (Lipinski definition) is 3. The number of ether oxygens (including phenoxy) is 2. The number of aliphatic carboxylic acids is 1. The molecule has 2 atom stereocenters. The smallest absolute Gasteiger partial charge is 0.329 e. The van der Waals surface area contributed by atoms with Gasteiger partial charge < -0.3 is 25.0 Å². The van der Waals surface area contributed by atoms with E-state index in [1.807, 2.05) is 6.07 Å². The van der Waals surface area contributed by atoms with Gasteiger partial charge in [0.15, 0.2) is 17.5 Å². The number of fused-ring (bicyclic) bond motifs is 1. The summed E-state index contributed by atoms with van der Waals surface area (Å²) in [4.78, 5) is 23.6. The molecule has 0 aliphatic carbocycles. The summed E-state index contributed by atoms with van der Waals surface area (Å²) in [6.07, 6.45) is -1.40. The van der Waals surface area contributed by atoms with E-state index in [4.69, 9.17) is 9.47 Å². The Morgan fingerprint density at radius 3 is 2.52 bits per heavy atom. The fourth-order valence-electron chi connectivity index (χ4n) is 2.57. The van der Waals surface area contributed by atoms with Gasteiger partial charge in [0, 0.05) is 0 Å². The van der Waals surface area contributed by atoms with Gasteiger partial charge in [-0.05, 0) is 23.3 Å². The first-order valence-corrected chi connectivity index (χ1v) is 7.68. The molecule has 1 heterocycles. The lowest BCUT2D eigenvalue weighted by atomic mass is 10.0. The van der Waals surface area contributed by atoms with Gasteiger partial charge in [0.05, 0.1) is 6.42 Å². The van der Waals surface area contributed by atoms with Crippen molar-refractivity contribution in [1.82, 2.24) is 5.32 Å². The average Bonchev–Trinajstić information content (AvgIpc) is 3.07. The Hall–Kier alpha value is -3.06. The van der Waals surface area contributed by atoms with Gasteiger partial charge >= 0.3 is 5.97 Å². The molecule has 0 bridgehead atoms. The minimum Gasteiger partial charge on any atom is -0.480 e. The third kappa shape index (κ3) is 3.89. The molecule has 3 N–H and O–H groups in total. The van der Waals surface area contributed by atoms with E-state index in [1.54, 1.807) is 30.3 Å². The molecule has 0 aromatic heterocycles. The topological polar surface area (TPSA) is 105 Å². The molecule has 7 heteroatoms. The minimum atomic E-state index is -1.48. The van der Waals surface area contributed by atoms with Crippen LogP contribution in [0.5, 0.6) is 11.5 Å². The highest BCUT2D eigenvalue weighted by molar-refractivity contribution is 5.85. The summed E-state index contributed by atoms with van der Waals surface area (Å²) in [6, 6.07) is 12.1. The third-order valence-electron chi connectivity index (χ3n) is 3.84. The number of carbonyl (C=O) groups is 2. The fourth-order valence-corrected chi connectivity index (χ4v) is 2.57. The molecule has 3 rings (SSSR count). The van der Waals surface area contributed by atoms with Crippen molar-refractivity contribution >= 4 is 11.9 Å². The summed E-state index contributed by atoms with van der Waals surface area (Å²) < 4.78 is 10.4. The van der Waals surface area contributed by atoms with Crippen molar-refractivity contribution in [3.8, 4) is 11.5 Å². The lowest BCUT2D eigenvalue weighted by Gasteiger charge is -2.21.